The first-order chi connectivity index (χ1) is 10.8. The minimum atomic E-state index is 0.127. The van der Waals surface area contributed by atoms with E-state index in [1.165, 1.54) is 32.1 Å². The van der Waals surface area contributed by atoms with Crippen LogP contribution in [0, 0.1) is 17.8 Å². The summed E-state index contributed by atoms with van der Waals surface area (Å²) in [5.74, 6) is 2.94. The summed E-state index contributed by atoms with van der Waals surface area (Å²) in [4.78, 5) is 15.1. The van der Waals surface area contributed by atoms with Crippen LogP contribution in [0.3, 0.4) is 0 Å². The Labute approximate surface area is 134 Å². The van der Waals surface area contributed by atoms with Crippen molar-refractivity contribution in [3.8, 4) is 0 Å². The standard InChI is InChI=1S/C18H30N2O2/c21-18(19-12-15-11-13-3-4-14(15)10-13)17-2-1-7-20(17)16-5-8-22-9-6-16/h13-17H,1-12H2,(H,19,21)/t13-,14-,15+,17-/m0/s1. The first-order valence-electron chi connectivity index (χ1n) is 9.42. The maximum Gasteiger partial charge on any atom is 0.237 e. The maximum atomic E-state index is 12.7. The van der Waals surface area contributed by atoms with Gasteiger partial charge in [-0.05, 0) is 69.2 Å². The van der Waals surface area contributed by atoms with Crippen LogP contribution in [0.4, 0.5) is 0 Å². The molecule has 0 unspecified atom stereocenters. The molecule has 4 atom stereocenters. The normalized spacial score (nSPS) is 39.5. The van der Waals surface area contributed by atoms with Gasteiger partial charge < -0.3 is 10.1 Å². The summed E-state index contributed by atoms with van der Waals surface area (Å²) >= 11 is 0. The van der Waals surface area contributed by atoms with Crippen LogP contribution in [-0.4, -0.2) is 49.2 Å². The average molecular weight is 306 g/mol. The third-order valence-corrected chi connectivity index (χ3v) is 6.68. The van der Waals surface area contributed by atoms with Gasteiger partial charge in [-0.3, -0.25) is 9.69 Å². The van der Waals surface area contributed by atoms with Crippen LogP contribution in [0.15, 0.2) is 0 Å². The zero-order valence-electron chi connectivity index (χ0n) is 13.6. The lowest BCUT2D eigenvalue weighted by atomic mass is 9.89. The fourth-order valence-corrected chi connectivity index (χ4v) is 5.50. The number of amides is 1. The predicted molar refractivity (Wildman–Crippen MR) is 85.5 cm³/mol. The second-order valence-electron chi connectivity index (χ2n) is 7.92. The van der Waals surface area contributed by atoms with Crippen molar-refractivity contribution in [2.45, 2.75) is 63.5 Å². The first-order valence-corrected chi connectivity index (χ1v) is 9.42. The smallest absolute Gasteiger partial charge is 0.237 e. The number of carbonyl (C=O) groups excluding carboxylic acids is 1. The summed E-state index contributed by atoms with van der Waals surface area (Å²) < 4.78 is 5.47. The quantitative estimate of drug-likeness (QED) is 0.865. The summed E-state index contributed by atoms with van der Waals surface area (Å²) in [6.45, 7) is 3.75. The van der Waals surface area contributed by atoms with Gasteiger partial charge in [-0.15, -0.1) is 0 Å². The summed E-state index contributed by atoms with van der Waals surface area (Å²) in [7, 11) is 0. The fourth-order valence-electron chi connectivity index (χ4n) is 5.50. The van der Waals surface area contributed by atoms with E-state index in [1.54, 1.807) is 0 Å². The zero-order valence-corrected chi connectivity index (χ0v) is 13.6. The van der Waals surface area contributed by atoms with Gasteiger partial charge in [0.05, 0.1) is 6.04 Å². The lowest BCUT2D eigenvalue weighted by Gasteiger charge is -2.35. The molecule has 2 aliphatic heterocycles. The van der Waals surface area contributed by atoms with Gasteiger partial charge in [0.15, 0.2) is 0 Å². The molecule has 1 N–H and O–H groups in total. The van der Waals surface area contributed by atoms with Crippen molar-refractivity contribution < 1.29 is 9.53 Å². The van der Waals surface area contributed by atoms with Crippen LogP contribution in [-0.2, 0) is 9.53 Å². The molecule has 0 radical (unpaired) electrons. The number of likely N-dealkylation sites (tertiary alicyclic amines) is 1. The highest BCUT2D eigenvalue weighted by atomic mass is 16.5. The van der Waals surface area contributed by atoms with Crippen molar-refractivity contribution >= 4 is 5.91 Å². The predicted octanol–water partition coefficient (Wildman–Crippen LogP) is 2.18. The Morgan fingerprint density at radius 2 is 1.95 bits per heavy atom. The van der Waals surface area contributed by atoms with Crippen molar-refractivity contribution in [3.05, 3.63) is 0 Å². The molecule has 2 aliphatic carbocycles. The van der Waals surface area contributed by atoms with E-state index in [4.69, 9.17) is 4.74 Å². The number of nitrogens with one attached hydrogen (secondary N) is 1. The van der Waals surface area contributed by atoms with Crippen LogP contribution < -0.4 is 5.32 Å². The number of nitrogens with zero attached hydrogens (tertiary/aromatic N) is 1. The van der Waals surface area contributed by atoms with E-state index in [2.05, 4.69) is 10.2 Å². The Kier molecular flexibility index (Phi) is 4.40. The minimum Gasteiger partial charge on any atom is -0.381 e. The lowest BCUT2D eigenvalue weighted by Crippen LogP contribution is -2.50. The van der Waals surface area contributed by atoms with E-state index < -0.39 is 0 Å². The molecule has 2 saturated carbocycles. The largest absolute Gasteiger partial charge is 0.381 e. The number of hydrogen-bond acceptors (Lipinski definition) is 3. The SMILES string of the molecule is O=C(NC[C@H]1C[C@H]2CC[C@H]1C2)[C@@H]1CCCN1C1CCOCC1. The highest BCUT2D eigenvalue weighted by molar-refractivity contribution is 5.82. The lowest BCUT2D eigenvalue weighted by molar-refractivity contribution is -0.127. The molecular formula is C18H30N2O2. The molecule has 0 aromatic rings. The third kappa shape index (κ3) is 2.92. The van der Waals surface area contributed by atoms with E-state index in [0.717, 1.165) is 63.3 Å². The van der Waals surface area contributed by atoms with E-state index in [9.17, 15) is 4.79 Å². The van der Waals surface area contributed by atoms with Gasteiger partial charge in [-0.1, -0.05) is 6.42 Å². The molecule has 4 heteroatoms. The molecule has 22 heavy (non-hydrogen) atoms. The fraction of sp³-hybridized carbons (Fsp3) is 0.944. The topological polar surface area (TPSA) is 41.6 Å². The van der Waals surface area contributed by atoms with Crippen molar-refractivity contribution in [1.29, 1.82) is 0 Å². The van der Waals surface area contributed by atoms with Gasteiger partial charge in [0.25, 0.3) is 0 Å². The van der Waals surface area contributed by atoms with Crippen LogP contribution >= 0.6 is 0 Å². The molecule has 2 saturated heterocycles. The summed E-state index contributed by atoms with van der Waals surface area (Å²) in [5.41, 5.74) is 0. The van der Waals surface area contributed by atoms with Gasteiger partial charge >= 0.3 is 0 Å². The summed E-state index contributed by atoms with van der Waals surface area (Å²) in [6.07, 6.45) is 10.0. The van der Waals surface area contributed by atoms with E-state index >= 15 is 0 Å². The minimum absolute atomic E-state index is 0.127. The maximum absolute atomic E-state index is 12.7. The Morgan fingerprint density at radius 3 is 2.68 bits per heavy atom. The molecule has 4 aliphatic rings. The molecule has 0 spiro atoms. The monoisotopic (exact) mass is 306 g/mol. The molecule has 4 fully saturated rings. The summed E-state index contributed by atoms with van der Waals surface area (Å²) in [6, 6.07) is 0.691. The van der Waals surface area contributed by atoms with Crippen molar-refractivity contribution in [3.63, 3.8) is 0 Å². The highest BCUT2D eigenvalue weighted by Crippen LogP contribution is 2.47. The molecule has 0 aromatic heterocycles. The molecule has 2 heterocycles. The Hall–Kier alpha value is -0.610. The number of fused-ring (bicyclic) bond motifs is 2. The van der Waals surface area contributed by atoms with E-state index in [1.807, 2.05) is 0 Å². The second kappa shape index (κ2) is 6.48. The van der Waals surface area contributed by atoms with Crippen molar-refractivity contribution in [1.82, 2.24) is 10.2 Å². The molecule has 2 bridgehead atoms. The molecular weight excluding hydrogens is 276 g/mol. The van der Waals surface area contributed by atoms with Gasteiger partial charge in [0.1, 0.15) is 0 Å². The highest BCUT2D eigenvalue weighted by Gasteiger charge is 2.40. The Balaban J connectivity index is 1.29. The first kappa shape index (κ1) is 14.9. The molecule has 1 amide bonds. The van der Waals surface area contributed by atoms with Crippen LogP contribution in [0.25, 0.3) is 0 Å². The molecule has 4 nitrogen and oxygen atoms in total. The van der Waals surface area contributed by atoms with Gasteiger partial charge in [-0.25, -0.2) is 0 Å². The average Bonchev–Trinajstić information content (AvgIpc) is 3.29. The molecule has 0 aromatic carbocycles. The van der Waals surface area contributed by atoms with E-state index in [-0.39, 0.29) is 6.04 Å². The Morgan fingerprint density at radius 1 is 1.09 bits per heavy atom. The number of rotatable bonds is 4. The van der Waals surface area contributed by atoms with E-state index in [0.29, 0.717) is 11.9 Å². The van der Waals surface area contributed by atoms with Gasteiger partial charge in [-0.2, -0.15) is 0 Å². The third-order valence-electron chi connectivity index (χ3n) is 6.68. The van der Waals surface area contributed by atoms with Crippen LogP contribution in [0.1, 0.15) is 51.4 Å². The number of hydrogen-bond donors (Lipinski definition) is 1. The van der Waals surface area contributed by atoms with Crippen molar-refractivity contribution in [2.75, 3.05) is 26.3 Å². The van der Waals surface area contributed by atoms with Crippen LogP contribution in [0.5, 0.6) is 0 Å². The molecule has 4 rings (SSSR count). The number of ether oxygens (including phenoxy) is 1. The Bertz CT molecular complexity index is 408. The van der Waals surface area contributed by atoms with Gasteiger partial charge in [0, 0.05) is 25.8 Å². The van der Waals surface area contributed by atoms with Crippen molar-refractivity contribution in [2.24, 2.45) is 17.8 Å². The second-order valence-corrected chi connectivity index (χ2v) is 7.92. The molecule has 124 valence electrons. The van der Waals surface area contributed by atoms with Gasteiger partial charge in [0.2, 0.25) is 5.91 Å². The zero-order chi connectivity index (χ0) is 14.9. The number of carbonyl (C=O) groups is 1. The van der Waals surface area contributed by atoms with Crippen LogP contribution in [0.2, 0.25) is 0 Å². The summed E-state index contributed by atoms with van der Waals surface area (Å²) in [5, 5.41) is 3.31.